The third kappa shape index (κ3) is 4.66. The van der Waals surface area contributed by atoms with E-state index in [0.717, 1.165) is 25.3 Å². The van der Waals surface area contributed by atoms with Gasteiger partial charge in [-0.2, -0.15) is 0 Å². The SMILES string of the molecule is CN=C(NCCCN1C(=O)C2C3C=CC(C3)C2C1=O)NCC(CC(C)C)N1CCCC1. The first-order valence-electron chi connectivity index (χ1n) is 12.2. The van der Waals surface area contributed by atoms with Crippen LogP contribution in [0.2, 0.25) is 0 Å². The second-order valence-electron chi connectivity index (χ2n) is 10.1. The highest BCUT2D eigenvalue weighted by Crippen LogP contribution is 2.52. The number of hydrogen-bond acceptors (Lipinski definition) is 4. The minimum Gasteiger partial charge on any atom is -0.356 e. The molecule has 7 nitrogen and oxygen atoms in total. The van der Waals surface area contributed by atoms with Crippen LogP contribution in [0, 0.1) is 29.6 Å². The van der Waals surface area contributed by atoms with Gasteiger partial charge in [-0.25, -0.2) is 0 Å². The van der Waals surface area contributed by atoms with Crippen LogP contribution in [0.4, 0.5) is 0 Å². The molecule has 0 aromatic rings. The zero-order valence-corrected chi connectivity index (χ0v) is 19.3. The highest BCUT2D eigenvalue weighted by molar-refractivity contribution is 6.06. The number of fused-ring (bicyclic) bond motifs is 5. The predicted molar refractivity (Wildman–Crippen MR) is 122 cm³/mol. The van der Waals surface area contributed by atoms with E-state index < -0.39 is 0 Å². The molecule has 0 aromatic carbocycles. The van der Waals surface area contributed by atoms with Gasteiger partial charge in [0.2, 0.25) is 11.8 Å². The summed E-state index contributed by atoms with van der Waals surface area (Å²) >= 11 is 0. The van der Waals surface area contributed by atoms with Crippen LogP contribution >= 0.6 is 0 Å². The van der Waals surface area contributed by atoms with Crippen molar-refractivity contribution < 1.29 is 9.59 Å². The first kappa shape index (κ1) is 22.3. The average molecular weight is 430 g/mol. The molecule has 5 atom stereocenters. The van der Waals surface area contributed by atoms with Crippen LogP contribution < -0.4 is 10.6 Å². The molecule has 31 heavy (non-hydrogen) atoms. The Morgan fingerprint density at radius 1 is 1.10 bits per heavy atom. The van der Waals surface area contributed by atoms with Crippen molar-refractivity contribution in [3.8, 4) is 0 Å². The molecular formula is C24H39N5O2. The molecule has 0 spiro atoms. The lowest BCUT2D eigenvalue weighted by molar-refractivity contribution is -0.140. The van der Waals surface area contributed by atoms with Gasteiger partial charge in [-0.15, -0.1) is 0 Å². The Kier molecular flexibility index (Phi) is 6.99. The number of imide groups is 1. The molecule has 7 heteroatoms. The summed E-state index contributed by atoms with van der Waals surface area (Å²) in [5.41, 5.74) is 0. The van der Waals surface area contributed by atoms with Crippen LogP contribution in [0.25, 0.3) is 0 Å². The largest absolute Gasteiger partial charge is 0.356 e. The highest BCUT2D eigenvalue weighted by Gasteiger charge is 2.58. The molecule has 4 aliphatic rings. The summed E-state index contributed by atoms with van der Waals surface area (Å²) in [7, 11) is 1.79. The number of hydrogen-bond donors (Lipinski definition) is 2. The maximum Gasteiger partial charge on any atom is 0.233 e. The molecule has 0 radical (unpaired) electrons. The van der Waals surface area contributed by atoms with E-state index in [1.54, 1.807) is 7.05 Å². The number of carbonyl (C=O) groups is 2. The van der Waals surface area contributed by atoms with E-state index in [9.17, 15) is 9.59 Å². The van der Waals surface area contributed by atoms with E-state index in [1.165, 1.54) is 37.3 Å². The molecule has 2 N–H and O–H groups in total. The normalized spacial score (nSPS) is 31.2. The molecule has 172 valence electrons. The maximum absolute atomic E-state index is 12.8. The van der Waals surface area contributed by atoms with Crippen molar-refractivity contribution in [3.05, 3.63) is 12.2 Å². The van der Waals surface area contributed by atoms with Gasteiger partial charge in [0.15, 0.2) is 5.96 Å². The number of nitrogens with zero attached hydrogens (tertiary/aromatic N) is 3. The van der Waals surface area contributed by atoms with Gasteiger partial charge < -0.3 is 10.6 Å². The summed E-state index contributed by atoms with van der Waals surface area (Å²) in [5, 5.41) is 6.85. The lowest BCUT2D eigenvalue weighted by Crippen LogP contribution is -2.47. The third-order valence-corrected chi connectivity index (χ3v) is 7.54. The summed E-state index contributed by atoms with van der Waals surface area (Å²) in [4.78, 5) is 34.0. The fraction of sp³-hybridized carbons (Fsp3) is 0.792. The maximum atomic E-state index is 12.8. The molecule has 4 rings (SSSR count). The van der Waals surface area contributed by atoms with Crippen LogP contribution in [-0.4, -0.2) is 73.4 Å². The number of aliphatic imine (C=N–C) groups is 1. The summed E-state index contributed by atoms with van der Waals surface area (Å²) in [6, 6.07) is 0.532. The Morgan fingerprint density at radius 2 is 1.74 bits per heavy atom. The molecule has 2 amide bonds. The van der Waals surface area contributed by atoms with Crippen LogP contribution in [0.15, 0.2) is 17.1 Å². The second-order valence-corrected chi connectivity index (χ2v) is 10.1. The number of nitrogens with one attached hydrogen (secondary N) is 2. The molecular weight excluding hydrogens is 390 g/mol. The number of amides is 2. The Morgan fingerprint density at radius 3 is 2.32 bits per heavy atom. The van der Waals surface area contributed by atoms with Crippen LogP contribution in [0.5, 0.6) is 0 Å². The topological polar surface area (TPSA) is 77.0 Å². The molecule has 3 fully saturated rings. The molecule has 1 saturated carbocycles. The van der Waals surface area contributed by atoms with E-state index >= 15 is 0 Å². The molecule has 2 saturated heterocycles. The average Bonchev–Trinajstić information content (AvgIpc) is 3.53. The van der Waals surface area contributed by atoms with Gasteiger partial charge in [0.05, 0.1) is 11.8 Å². The predicted octanol–water partition coefficient (Wildman–Crippen LogP) is 1.86. The van der Waals surface area contributed by atoms with Gasteiger partial charge in [-0.3, -0.25) is 24.4 Å². The number of carbonyl (C=O) groups excluding carboxylic acids is 2. The van der Waals surface area contributed by atoms with Gasteiger partial charge in [0, 0.05) is 32.7 Å². The Labute approximate surface area is 186 Å². The Hall–Kier alpha value is -1.89. The summed E-state index contributed by atoms with van der Waals surface area (Å²) in [6.07, 6.45) is 9.80. The zero-order valence-electron chi connectivity index (χ0n) is 19.3. The number of likely N-dealkylation sites (tertiary alicyclic amines) is 2. The van der Waals surface area contributed by atoms with Crippen molar-refractivity contribution >= 4 is 17.8 Å². The molecule has 0 aromatic heterocycles. The summed E-state index contributed by atoms with van der Waals surface area (Å²) < 4.78 is 0. The van der Waals surface area contributed by atoms with E-state index in [0.29, 0.717) is 25.0 Å². The van der Waals surface area contributed by atoms with Crippen molar-refractivity contribution in [2.24, 2.45) is 34.6 Å². The second kappa shape index (κ2) is 9.72. The van der Waals surface area contributed by atoms with Crippen LogP contribution in [0.1, 0.15) is 46.0 Å². The first-order valence-corrected chi connectivity index (χ1v) is 12.2. The smallest absolute Gasteiger partial charge is 0.233 e. The van der Waals surface area contributed by atoms with Gasteiger partial charge in [-0.1, -0.05) is 26.0 Å². The summed E-state index contributed by atoms with van der Waals surface area (Å²) in [5.74, 6) is 1.96. The van der Waals surface area contributed by atoms with E-state index in [1.807, 2.05) is 0 Å². The van der Waals surface area contributed by atoms with Crippen molar-refractivity contribution in [3.63, 3.8) is 0 Å². The molecule has 2 heterocycles. The quantitative estimate of drug-likeness (QED) is 0.192. The van der Waals surface area contributed by atoms with Gasteiger partial charge in [-0.05, 0) is 62.9 Å². The van der Waals surface area contributed by atoms with Gasteiger partial charge >= 0.3 is 0 Å². The monoisotopic (exact) mass is 429 g/mol. The van der Waals surface area contributed by atoms with Gasteiger partial charge in [0.1, 0.15) is 0 Å². The lowest BCUT2D eigenvalue weighted by Gasteiger charge is -2.29. The lowest BCUT2D eigenvalue weighted by atomic mass is 9.85. The minimum absolute atomic E-state index is 0.0523. The van der Waals surface area contributed by atoms with Crippen LogP contribution in [0.3, 0.4) is 0 Å². The number of allylic oxidation sites excluding steroid dienone is 2. The van der Waals surface area contributed by atoms with Crippen molar-refractivity contribution in [1.29, 1.82) is 0 Å². The highest BCUT2D eigenvalue weighted by atomic mass is 16.2. The van der Waals surface area contributed by atoms with Crippen molar-refractivity contribution in [2.75, 3.05) is 39.8 Å². The Balaban J connectivity index is 1.20. The first-order chi connectivity index (χ1) is 15.0. The molecule has 2 bridgehead atoms. The van der Waals surface area contributed by atoms with Crippen LogP contribution in [-0.2, 0) is 9.59 Å². The van der Waals surface area contributed by atoms with E-state index in [4.69, 9.17) is 0 Å². The fourth-order valence-corrected chi connectivity index (χ4v) is 6.08. The Bertz CT molecular complexity index is 697. The number of rotatable bonds is 9. The molecule has 5 unspecified atom stereocenters. The molecule has 2 aliphatic heterocycles. The third-order valence-electron chi connectivity index (χ3n) is 7.54. The zero-order chi connectivity index (χ0) is 22.0. The standard InChI is InChI=1S/C24H39N5O2/c1-16(2)13-19(28-10-4-5-11-28)15-27-24(25-3)26-9-6-12-29-22(30)20-17-7-8-18(14-17)21(20)23(29)31/h7-8,16-21H,4-6,9-15H2,1-3H3,(H2,25,26,27). The van der Waals surface area contributed by atoms with Crippen molar-refractivity contribution in [1.82, 2.24) is 20.4 Å². The van der Waals surface area contributed by atoms with E-state index in [-0.39, 0.29) is 35.5 Å². The molecule has 2 aliphatic carbocycles. The number of guanidine groups is 1. The minimum atomic E-state index is -0.0895. The fourth-order valence-electron chi connectivity index (χ4n) is 6.08. The summed E-state index contributed by atoms with van der Waals surface area (Å²) in [6.45, 7) is 9.04. The van der Waals surface area contributed by atoms with E-state index in [2.05, 4.69) is 46.5 Å². The van der Waals surface area contributed by atoms with Gasteiger partial charge in [0.25, 0.3) is 0 Å². The van der Waals surface area contributed by atoms with Crippen molar-refractivity contribution in [2.45, 2.75) is 52.0 Å².